The van der Waals surface area contributed by atoms with Gasteiger partial charge in [0.15, 0.2) is 0 Å². The van der Waals surface area contributed by atoms with Crippen LogP contribution in [0.4, 0.5) is 5.82 Å². The predicted octanol–water partition coefficient (Wildman–Crippen LogP) is 3.41. The van der Waals surface area contributed by atoms with Crippen LogP contribution >= 0.6 is 11.3 Å². The van der Waals surface area contributed by atoms with Crippen molar-refractivity contribution in [3.05, 3.63) is 16.3 Å². The lowest BCUT2D eigenvalue weighted by atomic mass is 10.1. The molecule has 0 bridgehead atoms. The van der Waals surface area contributed by atoms with Gasteiger partial charge in [0.2, 0.25) is 0 Å². The van der Waals surface area contributed by atoms with E-state index in [0.717, 1.165) is 41.3 Å². The first-order valence-corrected chi connectivity index (χ1v) is 9.29. The topological polar surface area (TPSA) is 75.1 Å². The number of aryl methyl sites for hydroxylation is 2. The van der Waals surface area contributed by atoms with Gasteiger partial charge in [0.1, 0.15) is 22.9 Å². The molecule has 2 N–H and O–H groups in total. The molecule has 0 spiro atoms. The Morgan fingerprint density at radius 3 is 2.83 bits per heavy atom. The van der Waals surface area contributed by atoms with Crippen molar-refractivity contribution in [2.75, 3.05) is 11.9 Å². The summed E-state index contributed by atoms with van der Waals surface area (Å²) in [5, 5.41) is 13.7. The van der Waals surface area contributed by atoms with Crippen LogP contribution in [0.2, 0.25) is 0 Å². The van der Waals surface area contributed by atoms with Crippen molar-refractivity contribution in [2.24, 2.45) is 5.92 Å². The number of aromatic nitrogens is 2. The molecule has 2 aliphatic rings. The maximum Gasteiger partial charge on any atom is 0.311 e. The van der Waals surface area contributed by atoms with Gasteiger partial charge < -0.3 is 10.4 Å². The van der Waals surface area contributed by atoms with E-state index in [1.807, 2.05) is 0 Å². The molecule has 2 aromatic rings. The fourth-order valence-electron chi connectivity index (χ4n) is 3.28. The monoisotopic (exact) mass is 331 g/mol. The molecule has 1 saturated carbocycles. The largest absolute Gasteiger partial charge is 0.481 e. The summed E-state index contributed by atoms with van der Waals surface area (Å²) in [4.78, 5) is 22.5. The van der Waals surface area contributed by atoms with E-state index in [-0.39, 0.29) is 6.42 Å². The lowest BCUT2D eigenvalue weighted by Gasteiger charge is -2.09. The number of nitrogens with one attached hydrogen (secondary N) is 1. The molecule has 1 fully saturated rings. The maximum absolute atomic E-state index is 11.0. The summed E-state index contributed by atoms with van der Waals surface area (Å²) in [7, 11) is 0. The van der Waals surface area contributed by atoms with Crippen molar-refractivity contribution in [3.63, 3.8) is 0 Å². The zero-order chi connectivity index (χ0) is 15.8. The van der Waals surface area contributed by atoms with Crippen LogP contribution in [0.3, 0.4) is 0 Å². The summed E-state index contributed by atoms with van der Waals surface area (Å²) in [6.07, 6.45) is 8.40. The van der Waals surface area contributed by atoms with Gasteiger partial charge in [-0.05, 0) is 50.0 Å². The fourth-order valence-corrected chi connectivity index (χ4v) is 4.56. The highest BCUT2D eigenvalue weighted by molar-refractivity contribution is 7.19. The molecule has 6 heteroatoms. The Bertz CT molecular complexity index is 752. The molecule has 2 heterocycles. The fraction of sp³-hybridized carbons (Fsp3) is 0.588. The third-order valence-electron chi connectivity index (χ3n) is 4.68. The van der Waals surface area contributed by atoms with Gasteiger partial charge in [-0.15, -0.1) is 11.3 Å². The summed E-state index contributed by atoms with van der Waals surface area (Å²) in [5.74, 6) is 1.15. The Labute approximate surface area is 139 Å². The SMILES string of the molecule is O=C(O)Cc1nc(NCC2CC2)c2c3c(sc2n1)CCCCC3. The van der Waals surface area contributed by atoms with Crippen LogP contribution in [0, 0.1) is 5.92 Å². The van der Waals surface area contributed by atoms with Crippen molar-refractivity contribution < 1.29 is 9.90 Å². The van der Waals surface area contributed by atoms with Gasteiger partial charge in [0.05, 0.1) is 5.39 Å². The summed E-state index contributed by atoms with van der Waals surface area (Å²) >= 11 is 1.73. The van der Waals surface area contributed by atoms with Crippen LogP contribution in [-0.4, -0.2) is 27.6 Å². The van der Waals surface area contributed by atoms with Gasteiger partial charge in [-0.25, -0.2) is 9.97 Å². The van der Waals surface area contributed by atoms with Crippen molar-refractivity contribution in [2.45, 2.75) is 51.4 Å². The first-order valence-electron chi connectivity index (χ1n) is 8.47. The zero-order valence-electron chi connectivity index (χ0n) is 13.1. The van der Waals surface area contributed by atoms with Gasteiger partial charge in [-0.2, -0.15) is 0 Å². The molecule has 0 radical (unpaired) electrons. The number of hydrogen-bond donors (Lipinski definition) is 2. The number of aliphatic carboxylic acids is 1. The summed E-state index contributed by atoms with van der Waals surface area (Å²) < 4.78 is 0. The van der Waals surface area contributed by atoms with Gasteiger partial charge in [0.25, 0.3) is 0 Å². The van der Waals surface area contributed by atoms with E-state index in [0.29, 0.717) is 5.82 Å². The minimum absolute atomic E-state index is 0.114. The van der Waals surface area contributed by atoms with E-state index >= 15 is 0 Å². The average molecular weight is 331 g/mol. The highest BCUT2D eigenvalue weighted by Gasteiger charge is 2.24. The second kappa shape index (κ2) is 6.07. The van der Waals surface area contributed by atoms with Gasteiger partial charge >= 0.3 is 5.97 Å². The smallest absolute Gasteiger partial charge is 0.311 e. The third-order valence-corrected chi connectivity index (χ3v) is 5.86. The van der Waals surface area contributed by atoms with Crippen LogP contribution in [0.1, 0.15) is 48.4 Å². The van der Waals surface area contributed by atoms with E-state index in [4.69, 9.17) is 5.11 Å². The highest BCUT2D eigenvalue weighted by Crippen LogP contribution is 2.38. The highest BCUT2D eigenvalue weighted by atomic mass is 32.1. The van der Waals surface area contributed by atoms with Crippen molar-refractivity contribution in [1.82, 2.24) is 9.97 Å². The molecule has 122 valence electrons. The standard InChI is InChI=1S/C17H21N3O2S/c21-14(22)8-13-19-16(18-9-10-6-7-10)15-11-4-2-1-3-5-12(11)23-17(15)20-13/h10H,1-9H2,(H,21,22)(H,18,19,20). The normalized spacial score (nSPS) is 17.7. The molecule has 4 rings (SSSR count). The summed E-state index contributed by atoms with van der Waals surface area (Å²) in [6, 6.07) is 0. The summed E-state index contributed by atoms with van der Waals surface area (Å²) in [5.41, 5.74) is 1.41. The minimum atomic E-state index is -0.879. The van der Waals surface area contributed by atoms with Crippen LogP contribution in [0.25, 0.3) is 10.2 Å². The van der Waals surface area contributed by atoms with E-state index in [1.54, 1.807) is 11.3 Å². The maximum atomic E-state index is 11.0. The van der Waals surface area contributed by atoms with E-state index in [9.17, 15) is 4.79 Å². The lowest BCUT2D eigenvalue weighted by Crippen LogP contribution is -2.10. The zero-order valence-corrected chi connectivity index (χ0v) is 13.9. The quantitative estimate of drug-likeness (QED) is 0.821. The molecule has 0 aromatic carbocycles. The Morgan fingerprint density at radius 1 is 1.22 bits per heavy atom. The number of carboxylic acids is 1. The van der Waals surface area contributed by atoms with Crippen LogP contribution in [0.5, 0.6) is 0 Å². The molecule has 0 aliphatic heterocycles. The number of hydrogen-bond acceptors (Lipinski definition) is 5. The Morgan fingerprint density at radius 2 is 2.04 bits per heavy atom. The Balaban J connectivity index is 1.78. The van der Waals surface area contributed by atoms with Crippen LogP contribution < -0.4 is 5.32 Å². The Kier molecular flexibility index (Phi) is 3.93. The Hall–Kier alpha value is -1.69. The first kappa shape index (κ1) is 14.9. The second-order valence-corrected chi connectivity index (χ2v) is 7.71. The van der Waals surface area contributed by atoms with Crippen molar-refractivity contribution >= 4 is 33.3 Å². The molecule has 0 saturated heterocycles. The predicted molar refractivity (Wildman–Crippen MR) is 91.2 cm³/mol. The van der Waals surface area contributed by atoms with Crippen molar-refractivity contribution in [3.8, 4) is 0 Å². The first-order chi connectivity index (χ1) is 11.2. The van der Waals surface area contributed by atoms with E-state index in [1.165, 1.54) is 42.5 Å². The van der Waals surface area contributed by atoms with E-state index in [2.05, 4.69) is 15.3 Å². The molecule has 23 heavy (non-hydrogen) atoms. The number of carboxylic acid groups (broad SMARTS) is 1. The van der Waals surface area contributed by atoms with Gasteiger partial charge in [-0.3, -0.25) is 4.79 Å². The molecule has 2 aromatic heterocycles. The summed E-state index contributed by atoms with van der Waals surface area (Å²) in [6.45, 7) is 0.934. The van der Waals surface area contributed by atoms with Gasteiger partial charge in [0, 0.05) is 11.4 Å². The van der Waals surface area contributed by atoms with Crippen molar-refractivity contribution in [1.29, 1.82) is 0 Å². The lowest BCUT2D eigenvalue weighted by molar-refractivity contribution is -0.136. The number of nitrogens with zero attached hydrogens (tertiary/aromatic N) is 2. The third kappa shape index (κ3) is 3.17. The number of anilines is 1. The molecular weight excluding hydrogens is 310 g/mol. The van der Waals surface area contributed by atoms with Crippen LogP contribution in [-0.2, 0) is 24.1 Å². The number of carbonyl (C=O) groups is 1. The second-order valence-electron chi connectivity index (χ2n) is 6.63. The molecule has 2 aliphatic carbocycles. The van der Waals surface area contributed by atoms with Crippen LogP contribution in [0.15, 0.2) is 0 Å². The molecule has 0 atom stereocenters. The van der Waals surface area contributed by atoms with E-state index < -0.39 is 5.97 Å². The molecule has 0 amide bonds. The number of thiophene rings is 1. The molecule has 0 unspecified atom stereocenters. The minimum Gasteiger partial charge on any atom is -0.481 e. The molecular formula is C17H21N3O2S. The number of fused-ring (bicyclic) bond motifs is 3. The molecule has 5 nitrogen and oxygen atoms in total. The number of rotatable bonds is 5. The average Bonchev–Trinajstić information content (AvgIpc) is 3.29. The van der Waals surface area contributed by atoms with Gasteiger partial charge in [-0.1, -0.05) is 6.42 Å².